The van der Waals surface area contributed by atoms with Gasteiger partial charge in [-0.1, -0.05) is 17.7 Å². The van der Waals surface area contributed by atoms with Gasteiger partial charge in [0.25, 0.3) is 0 Å². The minimum atomic E-state index is -0.549. The maximum Gasteiger partial charge on any atom is 0.120 e. The lowest BCUT2D eigenvalue weighted by Crippen LogP contribution is -2.48. The Hall–Kier alpha value is -0.810. The Bertz CT molecular complexity index is 411. The summed E-state index contributed by atoms with van der Waals surface area (Å²) >= 11 is 5.86. The topological polar surface area (TPSA) is 44.7 Å². The molecule has 1 aromatic carbocycles. The number of aliphatic hydroxyl groups is 1. The Kier molecular flexibility index (Phi) is 6.76. The van der Waals surface area contributed by atoms with Gasteiger partial charge in [-0.2, -0.15) is 0 Å². The van der Waals surface area contributed by atoms with E-state index in [2.05, 4.69) is 24.1 Å². The van der Waals surface area contributed by atoms with Gasteiger partial charge in [0.1, 0.15) is 18.5 Å². The molecule has 0 heterocycles. The zero-order chi connectivity index (χ0) is 15.2. The lowest BCUT2D eigenvalue weighted by Gasteiger charge is -2.33. The van der Waals surface area contributed by atoms with Crippen LogP contribution in [-0.2, 0) is 0 Å². The number of hydrogen-bond donors (Lipinski definition) is 2. The fourth-order valence-corrected chi connectivity index (χ4v) is 1.69. The van der Waals surface area contributed by atoms with E-state index >= 15 is 0 Å². The fourth-order valence-electron chi connectivity index (χ4n) is 1.51. The van der Waals surface area contributed by atoms with Gasteiger partial charge in [-0.15, -0.1) is 0 Å². The highest BCUT2D eigenvalue weighted by molar-refractivity contribution is 6.30. The molecule has 2 N–H and O–H groups in total. The highest BCUT2D eigenvalue weighted by Crippen LogP contribution is 2.17. The van der Waals surface area contributed by atoms with Crippen LogP contribution in [0.4, 0.5) is 0 Å². The smallest absolute Gasteiger partial charge is 0.120 e. The number of halogens is 1. The molecule has 0 spiro atoms. The Balaban J connectivity index is 2.26. The molecule has 0 radical (unpaired) electrons. The van der Waals surface area contributed by atoms with E-state index in [1.165, 1.54) is 0 Å². The summed E-state index contributed by atoms with van der Waals surface area (Å²) in [4.78, 5) is 2.15. The summed E-state index contributed by atoms with van der Waals surface area (Å²) < 4.78 is 5.49. The van der Waals surface area contributed by atoms with Crippen molar-refractivity contribution in [2.75, 3.05) is 33.8 Å². The highest BCUT2D eigenvalue weighted by Gasteiger charge is 2.20. The number of rotatable bonds is 8. The maximum atomic E-state index is 9.88. The molecule has 0 aliphatic rings. The largest absolute Gasteiger partial charge is 0.491 e. The van der Waals surface area contributed by atoms with Gasteiger partial charge < -0.3 is 20.1 Å². The Morgan fingerprint density at radius 2 is 2.10 bits per heavy atom. The van der Waals surface area contributed by atoms with E-state index in [0.29, 0.717) is 17.3 Å². The minimum absolute atomic E-state index is 0.0491. The van der Waals surface area contributed by atoms with E-state index in [9.17, 15) is 5.11 Å². The first-order chi connectivity index (χ1) is 9.31. The van der Waals surface area contributed by atoms with Crippen LogP contribution in [0.25, 0.3) is 0 Å². The molecule has 0 aliphatic carbocycles. The van der Waals surface area contributed by atoms with Crippen molar-refractivity contribution in [3.05, 3.63) is 29.3 Å². The van der Waals surface area contributed by atoms with Crippen LogP contribution in [0, 0.1) is 0 Å². The number of ether oxygens (including phenoxy) is 1. The molecule has 5 heteroatoms. The van der Waals surface area contributed by atoms with Gasteiger partial charge in [0.05, 0.1) is 0 Å². The van der Waals surface area contributed by atoms with E-state index in [-0.39, 0.29) is 12.1 Å². The monoisotopic (exact) mass is 300 g/mol. The first-order valence-corrected chi connectivity index (χ1v) is 7.13. The van der Waals surface area contributed by atoms with Gasteiger partial charge >= 0.3 is 0 Å². The summed E-state index contributed by atoms with van der Waals surface area (Å²) in [5.74, 6) is 0.671. The van der Waals surface area contributed by atoms with Crippen LogP contribution in [0.1, 0.15) is 13.8 Å². The number of hydrogen-bond acceptors (Lipinski definition) is 4. The standard InChI is InChI=1S/C15H25ClN2O2/c1-15(2,18(3)4)11-17-9-13(19)10-20-14-7-5-6-12(16)8-14/h5-8,13,17,19H,9-11H2,1-4H3. The van der Waals surface area contributed by atoms with E-state index in [4.69, 9.17) is 16.3 Å². The Morgan fingerprint density at radius 1 is 1.40 bits per heavy atom. The molecule has 0 aromatic heterocycles. The predicted molar refractivity (Wildman–Crippen MR) is 83.6 cm³/mol. The lowest BCUT2D eigenvalue weighted by atomic mass is 10.0. The summed E-state index contributed by atoms with van der Waals surface area (Å²) in [6, 6.07) is 7.16. The van der Waals surface area contributed by atoms with E-state index in [1.54, 1.807) is 12.1 Å². The number of benzene rings is 1. The second-order valence-electron chi connectivity index (χ2n) is 5.76. The van der Waals surface area contributed by atoms with Gasteiger partial charge in [0.2, 0.25) is 0 Å². The normalized spacial score (nSPS) is 13.6. The molecule has 0 saturated heterocycles. The zero-order valence-electron chi connectivity index (χ0n) is 12.7. The van der Waals surface area contributed by atoms with E-state index in [1.807, 2.05) is 26.2 Å². The quantitative estimate of drug-likeness (QED) is 0.771. The van der Waals surface area contributed by atoms with Crippen LogP contribution in [0.5, 0.6) is 5.75 Å². The Morgan fingerprint density at radius 3 is 2.70 bits per heavy atom. The van der Waals surface area contributed by atoms with Crippen LogP contribution in [-0.4, -0.2) is 55.4 Å². The predicted octanol–water partition coefficient (Wildman–Crippen LogP) is 2.01. The first kappa shape index (κ1) is 17.2. The molecular weight excluding hydrogens is 276 g/mol. The second-order valence-corrected chi connectivity index (χ2v) is 6.20. The molecule has 4 nitrogen and oxygen atoms in total. The maximum absolute atomic E-state index is 9.88. The zero-order valence-corrected chi connectivity index (χ0v) is 13.4. The van der Waals surface area contributed by atoms with Crippen molar-refractivity contribution in [2.24, 2.45) is 0 Å². The molecule has 1 atom stereocenters. The van der Waals surface area contributed by atoms with E-state index < -0.39 is 6.10 Å². The van der Waals surface area contributed by atoms with Gasteiger partial charge in [0.15, 0.2) is 0 Å². The highest BCUT2D eigenvalue weighted by atomic mass is 35.5. The van der Waals surface area contributed by atoms with Crippen molar-refractivity contribution < 1.29 is 9.84 Å². The van der Waals surface area contributed by atoms with Crippen molar-refractivity contribution in [1.29, 1.82) is 0 Å². The van der Waals surface area contributed by atoms with Crippen molar-refractivity contribution in [2.45, 2.75) is 25.5 Å². The first-order valence-electron chi connectivity index (χ1n) is 6.76. The van der Waals surface area contributed by atoms with Crippen molar-refractivity contribution in [1.82, 2.24) is 10.2 Å². The van der Waals surface area contributed by atoms with Crippen LogP contribution >= 0.6 is 11.6 Å². The summed E-state index contributed by atoms with van der Waals surface area (Å²) in [5, 5.41) is 13.8. The number of likely N-dealkylation sites (N-methyl/N-ethyl adjacent to an activating group) is 1. The molecule has 0 aliphatic heterocycles. The van der Waals surface area contributed by atoms with Crippen molar-refractivity contribution in [3.63, 3.8) is 0 Å². The van der Waals surface area contributed by atoms with Gasteiger partial charge in [-0.3, -0.25) is 0 Å². The van der Waals surface area contributed by atoms with Gasteiger partial charge in [-0.05, 0) is 46.1 Å². The number of nitrogens with zero attached hydrogens (tertiary/aromatic N) is 1. The van der Waals surface area contributed by atoms with Crippen LogP contribution in [0.3, 0.4) is 0 Å². The third kappa shape index (κ3) is 6.09. The molecule has 114 valence electrons. The number of nitrogens with one attached hydrogen (secondary N) is 1. The minimum Gasteiger partial charge on any atom is -0.491 e. The molecule has 0 bridgehead atoms. The summed E-state index contributed by atoms with van der Waals surface area (Å²) in [5.41, 5.74) is 0.0491. The molecular formula is C15H25ClN2O2. The Labute approximate surface area is 126 Å². The molecule has 1 rings (SSSR count). The van der Waals surface area contributed by atoms with Gasteiger partial charge in [-0.25, -0.2) is 0 Å². The van der Waals surface area contributed by atoms with Crippen LogP contribution in [0.15, 0.2) is 24.3 Å². The molecule has 0 fully saturated rings. The SMILES string of the molecule is CN(C)C(C)(C)CNCC(O)COc1cccc(Cl)c1. The molecule has 1 unspecified atom stereocenters. The third-order valence-corrected chi connectivity index (χ3v) is 3.62. The average molecular weight is 301 g/mol. The molecule has 1 aromatic rings. The molecule has 0 saturated carbocycles. The summed E-state index contributed by atoms with van der Waals surface area (Å²) in [6.07, 6.45) is -0.549. The van der Waals surface area contributed by atoms with Crippen LogP contribution in [0.2, 0.25) is 5.02 Å². The molecule has 20 heavy (non-hydrogen) atoms. The second kappa shape index (κ2) is 7.84. The number of aliphatic hydroxyl groups excluding tert-OH is 1. The summed E-state index contributed by atoms with van der Waals surface area (Å²) in [6.45, 7) is 5.84. The van der Waals surface area contributed by atoms with Crippen molar-refractivity contribution >= 4 is 11.6 Å². The van der Waals surface area contributed by atoms with Crippen molar-refractivity contribution in [3.8, 4) is 5.75 Å². The average Bonchev–Trinajstić information content (AvgIpc) is 2.36. The fraction of sp³-hybridized carbons (Fsp3) is 0.600. The molecule has 0 amide bonds. The van der Waals surface area contributed by atoms with E-state index in [0.717, 1.165) is 6.54 Å². The third-order valence-electron chi connectivity index (χ3n) is 3.39. The van der Waals surface area contributed by atoms with Gasteiger partial charge in [0, 0.05) is 23.7 Å². The summed E-state index contributed by atoms with van der Waals surface area (Å²) in [7, 11) is 4.08. The van der Waals surface area contributed by atoms with Crippen LogP contribution < -0.4 is 10.1 Å². The lowest BCUT2D eigenvalue weighted by molar-refractivity contribution is 0.100.